The number of primary amides is 1. The lowest BCUT2D eigenvalue weighted by molar-refractivity contribution is -0.124. The summed E-state index contributed by atoms with van der Waals surface area (Å²) in [7, 11) is -3.80. The van der Waals surface area contributed by atoms with Crippen LogP contribution in [0.5, 0.6) is 5.75 Å². The summed E-state index contributed by atoms with van der Waals surface area (Å²) in [5.74, 6) is -0.0904. The van der Waals surface area contributed by atoms with E-state index >= 15 is 0 Å². The van der Waals surface area contributed by atoms with Crippen LogP contribution in [0.25, 0.3) is 0 Å². The fraction of sp³-hybridized carbons (Fsp3) is 0.500. The Morgan fingerprint density at radius 3 is 2.29 bits per heavy atom. The lowest BCUT2D eigenvalue weighted by atomic mass is 10.0. The Hall–Kier alpha value is -1.60. The lowest BCUT2D eigenvalue weighted by Gasteiger charge is -2.20. The summed E-state index contributed by atoms with van der Waals surface area (Å²) in [5, 5.41) is 5.21. The number of hydrogen-bond donors (Lipinski definition) is 2. The van der Waals surface area contributed by atoms with Gasteiger partial charge in [-0.15, -0.1) is 0 Å². The Morgan fingerprint density at radius 2 is 1.90 bits per heavy atom. The summed E-state index contributed by atoms with van der Waals surface area (Å²) in [6.45, 7) is 7.21. The normalized spacial score (nSPS) is 13.2. The molecule has 0 radical (unpaired) electrons. The number of aryl methyl sites for hydroxylation is 1. The van der Waals surface area contributed by atoms with Gasteiger partial charge in [0, 0.05) is 0 Å². The maximum atomic E-state index is 11.6. The third kappa shape index (κ3) is 4.18. The molecule has 7 heteroatoms. The van der Waals surface area contributed by atoms with Crippen molar-refractivity contribution in [1.82, 2.24) is 0 Å². The first-order valence-corrected chi connectivity index (χ1v) is 8.25. The van der Waals surface area contributed by atoms with Crippen LogP contribution in [0.3, 0.4) is 0 Å². The SMILES string of the molecule is CCC(Oc1cc(C)c(S(N)(=O)=O)cc1C(C)C)C(N)=O. The van der Waals surface area contributed by atoms with Crippen LogP contribution in [0.2, 0.25) is 0 Å². The summed E-state index contributed by atoms with van der Waals surface area (Å²) in [5.41, 5.74) is 6.42. The Balaban J connectivity index is 3.39. The molecule has 0 aliphatic carbocycles. The van der Waals surface area contributed by atoms with Crippen LogP contribution in [0.15, 0.2) is 17.0 Å². The monoisotopic (exact) mass is 314 g/mol. The summed E-state index contributed by atoms with van der Waals surface area (Å²) >= 11 is 0. The minimum Gasteiger partial charge on any atom is -0.480 e. The maximum absolute atomic E-state index is 11.6. The maximum Gasteiger partial charge on any atom is 0.258 e. The summed E-state index contributed by atoms with van der Waals surface area (Å²) in [4.78, 5) is 11.4. The number of carbonyl (C=O) groups is 1. The van der Waals surface area contributed by atoms with Gasteiger partial charge < -0.3 is 10.5 Å². The molecular formula is C14H22N2O4S. The van der Waals surface area contributed by atoms with E-state index in [1.165, 1.54) is 6.07 Å². The molecule has 118 valence electrons. The van der Waals surface area contributed by atoms with Gasteiger partial charge in [0.15, 0.2) is 6.10 Å². The van der Waals surface area contributed by atoms with E-state index in [-0.39, 0.29) is 10.8 Å². The first kappa shape index (κ1) is 17.5. The number of sulfonamides is 1. The molecule has 1 unspecified atom stereocenters. The van der Waals surface area contributed by atoms with Crippen molar-refractivity contribution in [1.29, 1.82) is 0 Å². The average Bonchev–Trinajstić information content (AvgIpc) is 2.33. The van der Waals surface area contributed by atoms with Crippen molar-refractivity contribution in [2.45, 2.75) is 51.0 Å². The first-order chi connectivity index (χ1) is 9.57. The number of nitrogens with two attached hydrogens (primary N) is 2. The van der Waals surface area contributed by atoms with Gasteiger partial charge in [0.25, 0.3) is 5.91 Å². The smallest absolute Gasteiger partial charge is 0.258 e. The van der Waals surface area contributed by atoms with Crippen molar-refractivity contribution in [3.63, 3.8) is 0 Å². The second-order valence-corrected chi connectivity index (χ2v) is 6.80. The Kier molecular flexibility index (Phi) is 5.36. The van der Waals surface area contributed by atoms with E-state index in [2.05, 4.69) is 0 Å². The Bertz CT molecular complexity index is 639. The highest BCUT2D eigenvalue weighted by Crippen LogP contribution is 2.32. The van der Waals surface area contributed by atoms with E-state index in [0.29, 0.717) is 23.3 Å². The molecule has 0 aromatic heterocycles. The molecule has 0 spiro atoms. The Morgan fingerprint density at radius 1 is 1.33 bits per heavy atom. The van der Waals surface area contributed by atoms with Crippen LogP contribution in [-0.4, -0.2) is 20.4 Å². The van der Waals surface area contributed by atoms with Crippen LogP contribution in [0.1, 0.15) is 44.2 Å². The standard InChI is InChI=1S/C14H22N2O4S/c1-5-11(14(15)17)20-12-6-9(4)13(21(16,18)19)7-10(12)8(2)3/h6-8,11H,5H2,1-4H3,(H2,15,17)(H2,16,18,19). The number of primary sulfonamides is 1. The number of rotatable bonds is 6. The molecule has 0 saturated heterocycles. The van der Waals surface area contributed by atoms with Gasteiger partial charge in [-0.3, -0.25) is 4.79 Å². The Labute approximate surface area is 125 Å². The van der Waals surface area contributed by atoms with Gasteiger partial charge in [-0.1, -0.05) is 20.8 Å². The molecule has 1 atom stereocenters. The highest BCUT2D eigenvalue weighted by atomic mass is 32.2. The van der Waals surface area contributed by atoms with E-state index in [1.807, 2.05) is 13.8 Å². The lowest BCUT2D eigenvalue weighted by Crippen LogP contribution is -2.33. The molecule has 0 fully saturated rings. The van der Waals surface area contributed by atoms with Gasteiger partial charge in [-0.25, -0.2) is 13.6 Å². The zero-order valence-corrected chi connectivity index (χ0v) is 13.5. The molecular weight excluding hydrogens is 292 g/mol. The molecule has 1 rings (SSSR count). The molecule has 0 heterocycles. The highest BCUT2D eigenvalue weighted by molar-refractivity contribution is 7.89. The molecule has 4 N–H and O–H groups in total. The number of hydrogen-bond acceptors (Lipinski definition) is 4. The zero-order chi connectivity index (χ0) is 16.4. The van der Waals surface area contributed by atoms with E-state index in [9.17, 15) is 13.2 Å². The largest absolute Gasteiger partial charge is 0.480 e. The fourth-order valence-electron chi connectivity index (χ4n) is 2.03. The third-order valence-electron chi connectivity index (χ3n) is 3.19. The van der Waals surface area contributed by atoms with Gasteiger partial charge in [-0.2, -0.15) is 0 Å². The molecule has 1 aromatic rings. The second kappa shape index (κ2) is 6.44. The summed E-state index contributed by atoms with van der Waals surface area (Å²) < 4.78 is 28.8. The van der Waals surface area contributed by atoms with Gasteiger partial charge in [0.05, 0.1) is 4.90 Å². The minimum atomic E-state index is -3.80. The third-order valence-corrected chi connectivity index (χ3v) is 4.25. The number of carbonyl (C=O) groups excluding carboxylic acids is 1. The predicted octanol–water partition coefficient (Wildman–Crippen LogP) is 1.41. The van der Waals surface area contributed by atoms with Crippen molar-refractivity contribution in [2.75, 3.05) is 0 Å². The van der Waals surface area contributed by atoms with Crippen molar-refractivity contribution in [2.24, 2.45) is 10.9 Å². The quantitative estimate of drug-likeness (QED) is 0.826. The van der Waals surface area contributed by atoms with Crippen LogP contribution in [-0.2, 0) is 14.8 Å². The average molecular weight is 314 g/mol. The number of benzene rings is 1. The van der Waals surface area contributed by atoms with E-state index < -0.39 is 22.0 Å². The fourth-order valence-corrected chi connectivity index (χ4v) is 2.83. The van der Waals surface area contributed by atoms with Gasteiger partial charge in [0.1, 0.15) is 5.75 Å². The van der Waals surface area contributed by atoms with Gasteiger partial charge in [0.2, 0.25) is 10.0 Å². The summed E-state index contributed by atoms with van der Waals surface area (Å²) in [6.07, 6.45) is -0.315. The zero-order valence-electron chi connectivity index (χ0n) is 12.7. The highest BCUT2D eigenvalue weighted by Gasteiger charge is 2.21. The number of ether oxygens (including phenoxy) is 1. The van der Waals surface area contributed by atoms with Gasteiger partial charge >= 0.3 is 0 Å². The molecule has 1 amide bonds. The molecule has 0 aliphatic rings. The first-order valence-electron chi connectivity index (χ1n) is 6.71. The van der Waals surface area contributed by atoms with Crippen LogP contribution in [0, 0.1) is 6.92 Å². The summed E-state index contributed by atoms with van der Waals surface area (Å²) in [6, 6.07) is 3.08. The van der Waals surface area contributed by atoms with E-state index in [1.54, 1.807) is 19.9 Å². The van der Waals surface area contributed by atoms with Crippen molar-refractivity contribution in [3.05, 3.63) is 23.3 Å². The minimum absolute atomic E-state index is 0.00600. The van der Waals surface area contributed by atoms with Crippen molar-refractivity contribution in [3.8, 4) is 5.75 Å². The second-order valence-electron chi connectivity index (χ2n) is 5.27. The molecule has 0 aliphatic heterocycles. The molecule has 0 saturated carbocycles. The van der Waals surface area contributed by atoms with Crippen LogP contribution < -0.4 is 15.6 Å². The molecule has 6 nitrogen and oxygen atoms in total. The van der Waals surface area contributed by atoms with E-state index in [0.717, 1.165) is 0 Å². The predicted molar refractivity (Wildman–Crippen MR) is 80.5 cm³/mol. The molecule has 0 bridgehead atoms. The topological polar surface area (TPSA) is 112 Å². The number of amides is 1. The van der Waals surface area contributed by atoms with Crippen molar-refractivity contribution < 1.29 is 17.9 Å². The van der Waals surface area contributed by atoms with Crippen molar-refractivity contribution >= 4 is 15.9 Å². The molecule has 1 aromatic carbocycles. The van der Waals surface area contributed by atoms with Gasteiger partial charge in [-0.05, 0) is 42.5 Å². The van der Waals surface area contributed by atoms with Crippen LogP contribution >= 0.6 is 0 Å². The van der Waals surface area contributed by atoms with E-state index in [4.69, 9.17) is 15.6 Å². The molecule has 21 heavy (non-hydrogen) atoms. The van der Waals surface area contributed by atoms with Crippen LogP contribution in [0.4, 0.5) is 0 Å².